The van der Waals surface area contributed by atoms with Crippen LogP contribution in [0.4, 0.5) is 11.5 Å². The summed E-state index contributed by atoms with van der Waals surface area (Å²) in [4.78, 5) is 11.1. The highest BCUT2D eigenvalue weighted by atomic mass is 16.5. The van der Waals surface area contributed by atoms with Crippen molar-refractivity contribution in [2.75, 3.05) is 30.4 Å². The molecular formula is C19H26N4O2. The third-order valence-corrected chi connectivity index (χ3v) is 4.29. The number of rotatable bonds is 6. The zero-order valence-corrected chi connectivity index (χ0v) is 15.1. The Morgan fingerprint density at radius 2 is 1.76 bits per heavy atom. The van der Waals surface area contributed by atoms with Crippen molar-refractivity contribution in [3.63, 3.8) is 0 Å². The van der Waals surface area contributed by atoms with Gasteiger partial charge in [0.1, 0.15) is 5.75 Å². The molecule has 6 heteroatoms. The lowest BCUT2D eigenvalue weighted by atomic mass is 10.0. The normalized spacial score (nSPS) is 15.3. The molecule has 0 atom stereocenters. The van der Waals surface area contributed by atoms with Gasteiger partial charge in [-0.25, -0.2) is 9.97 Å². The number of nitrogens with one attached hydrogen (secondary N) is 1. The fourth-order valence-corrected chi connectivity index (χ4v) is 3.00. The maximum Gasteiger partial charge on any atom is 0.257 e. The van der Waals surface area contributed by atoms with Gasteiger partial charge in [0.2, 0.25) is 0 Å². The summed E-state index contributed by atoms with van der Waals surface area (Å²) in [6.45, 7) is 5.99. The van der Waals surface area contributed by atoms with Crippen LogP contribution in [-0.2, 0) is 0 Å². The second-order valence-electron chi connectivity index (χ2n) is 6.48. The van der Waals surface area contributed by atoms with E-state index in [1.165, 1.54) is 5.69 Å². The number of hydrogen-bond donors (Lipinski definition) is 1. The predicted octanol–water partition coefficient (Wildman–Crippen LogP) is 3.35. The van der Waals surface area contributed by atoms with Gasteiger partial charge in [-0.1, -0.05) is 0 Å². The van der Waals surface area contributed by atoms with E-state index < -0.39 is 0 Å². The Morgan fingerprint density at radius 1 is 1.08 bits per heavy atom. The van der Waals surface area contributed by atoms with E-state index in [9.17, 15) is 0 Å². The number of methoxy groups -OCH3 is 1. The number of anilines is 2. The van der Waals surface area contributed by atoms with E-state index in [2.05, 4.69) is 32.3 Å². The molecule has 2 aromatic rings. The van der Waals surface area contributed by atoms with Crippen LogP contribution in [0.3, 0.4) is 0 Å². The molecule has 1 aromatic carbocycles. The molecular weight excluding hydrogens is 316 g/mol. The van der Waals surface area contributed by atoms with Gasteiger partial charge in [0.05, 0.1) is 13.2 Å². The quantitative estimate of drug-likeness (QED) is 0.869. The molecule has 0 saturated carbocycles. The van der Waals surface area contributed by atoms with Gasteiger partial charge in [-0.3, -0.25) is 0 Å². The molecule has 1 fully saturated rings. The molecule has 0 bridgehead atoms. The maximum absolute atomic E-state index is 5.74. The lowest BCUT2D eigenvalue weighted by Gasteiger charge is -2.34. The third kappa shape index (κ3) is 4.53. The van der Waals surface area contributed by atoms with E-state index in [0.29, 0.717) is 11.9 Å². The Morgan fingerprint density at radius 3 is 2.40 bits per heavy atom. The Labute approximate surface area is 149 Å². The SMILES string of the molecule is COc1ccc(N2CCC(Nc3nccnc3OC(C)C)CC2)cc1. The standard InChI is InChI=1S/C19H26N4O2/c1-14(2)25-19-18(20-10-11-21-19)22-15-8-12-23(13-9-15)16-4-6-17(24-3)7-5-16/h4-7,10-11,14-15H,8-9,12-13H2,1-3H3,(H,20,22). The summed E-state index contributed by atoms with van der Waals surface area (Å²) in [5.41, 5.74) is 1.24. The summed E-state index contributed by atoms with van der Waals surface area (Å²) in [5.74, 6) is 2.20. The molecule has 1 aromatic heterocycles. The molecule has 134 valence electrons. The van der Waals surface area contributed by atoms with Gasteiger partial charge in [0.25, 0.3) is 5.88 Å². The van der Waals surface area contributed by atoms with E-state index in [1.54, 1.807) is 19.5 Å². The molecule has 0 amide bonds. The van der Waals surface area contributed by atoms with Crippen LogP contribution in [0.25, 0.3) is 0 Å². The Kier molecular flexibility index (Phi) is 5.58. The number of hydrogen-bond acceptors (Lipinski definition) is 6. The lowest BCUT2D eigenvalue weighted by Crippen LogP contribution is -2.39. The van der Waals surface area contributed by atoms with Crippen LogP contribution < -0.4 is 19.7 Å². The largest absolute Gasteiger partial charge is 0.497 e. The number of aromatic nitrogens is 2. The molecule has 1 N–H and O–H groups in total. The smallest absolute Gasteiger partial charge is 0.257 e. The van der Waals surface area contributed by atoms with Crippen molar-refractivity contribution < 1.29 is 9.47 Å². The first-order valence-electron chi connectivity index (χ1n) is 8.79. The second-order valence-corrected chi connectivity index (χ2v) is 6.48. The molecule has 1 aliphatic rings. The zero-order valence-electron chi connectivity index (χ0n) is 15.1. The minimum atomic E-state index is 0.0779. The first-order chi connectivity index (χ1) is 12.2. The molecule has 3 rings (SSSR count). The van der Waals surface area contributed by atoms with Gasteiger partial charge >= 0.3 is 0 Å². The van der Waals surface area contributed by atoms with Gasteiger partial charge < -0.3 is 19.7 Å². The summed E-state index contributed by atoms with van der Waals surface area (Å²) >= 11 is 0. The van der Waals surface area contributed by atoms with Crippen molar-refractivity contribution in [1.29, 1.82) is 0 Å². The van der Waals surface area contributed by atoms with Crippen LogP contribution in [0.2, 0.25) is 0 Å². The van der Waals surface area contributed by atoms with Crippen molar-refractivity contribution in [3.05, 3.63) is 36.7 Å². The zero-order chi connectivity index (χ0) is 17.6. The van der Waals surface area contributed by atoms with Crippen LogP contribution in [0.1, 0.15) is 26.7 Å². The summed E-state index contributed by atoms with van der Waals surface area (Å²) in [6, 6.07) is 8.62. The molecule has 0 radical (unpaired) electrons. The van der Waals surface area contributed by atoms with Gasteiger partial charge in [-0.05, 0) is 51.0 Å². The maximum atomic E-state index is 5.74. The van der Waals surface area contributed by atoms with Gasteiger partial charge in [-0.15, -0.1) is 0 Å². The molecule has 0 spiro atoms. The number of nitrogens with zero attached hydrogens (tertiary/aromatic N) is 3. The number of ether oxygens (including phenoxy) is 2. The third-order valence-electron chi connectivity index (χ3n) is 4.29. The van der Waals surface area contributed by atoms with Crippen molar-refractivity contribution in [2.45, 2.75) is 38.8 Å². The molecule has 0 aliphatic carbocycles. The summed E-state index contributed by atoms with van der Waals surface area (Å²) < 4.78 is 11.0. The minimum absolute atomic E-state index is 0.0779. The van der Waals surface area contributed by atoms with Crippen molar-refractivity contribution in [2.24, 2.45) is 0 Å². The average molecular weight is 342 g/mol. The number of benzene rings is 1. The summed E-state index contributed by atoms with van der Waals surface area (Å²) in [5, 5.41) is 3.50. The molecule has 2 heterocycles. The molecule has 25 heavy (non-hydrogen) atoms. The van der Waals surface area contributed by atoms with Gasteiger partial charge in [-0.2, -0.15) is 0 Å². The van der Waals surface area contributed by atoms with Crippen molar-refractivity contribution >= 4 is 11.5 Å². The minimum Gasteiger partial charge on any atom is -0.497 e. The molecule has 6 nitrogen and oxygen atoms in total. The van der Waals surface area contributed by atoms with E-state index in [0.717, 1.165) is 37.5 Å². The fourth-order valence-electron chi connectivity index (χ4n) is 3.00. The Hall–Kier alpha value is -2.50. The fraction of sp³-hybridized carbons (Fsp3) is 0.474. The van der Waals surface area contributed by atoms with Crippen LogP contribution in [0.5, 0.6) is 11.6 Å². The highest BCUT2D eigenvalue weighted by molar-refractivity contribution is 5.50. The van der Waals surface area contributed by atoms with Crippen molar-refractivity contribution in [3.8, 4) is 11.6 Å². The number of piperidine rings is 1. The highest BCUT2D eigenvalue weighted by Gasteiger charge is 2.21. The summed E-state index contributed by atoms with van der Waals surface area (Å²) in [6.07, 6.45) is 5.53. The van der Waals surface area contributed by atoms with Gasteiger partial charge in [0.15, 0.2) is 5.82 Å². The van der Waals surface area contributed by atoms with E-state index in [1.807, 2.05) is 26.0 Å². The summed E-state index contributed by atoms with van der Waals surface area (Å²) in [7, 11) is 1.69. The Bertz CT molecular complexity index is 667. The lowest BCUT2D eigenvalue weighted by molar-refractivity contribution is 0.233. The molecule has 0 unspecified atom stereocenters. The highest BCUT2D eigenvalue weighted by Crippen LogP contribution is 2.26. The average Bonchev–Trinajstić information content (AvgIpc) is 2.64. The van der Waals surface area contributed by atoms with Crippen LogP contribution in [0, 0.1) is 0 Å². The first-order valence-corrected chi connectivity index (χ1v) is 8.79. The first kappa shape index (κ1) is 17.3. The van der Waals surface area contributed by atoms with Crippen LogP contribution in [-0.4, -0.2) is 42.3 Å². The van der Waals surface area contributed by atoms with Gasteiger partial charge in [0, 0.05) is 37.2 Å². The van der Waals surface area contributed by atoms with E-state index in [-0.39, 0.29) is 6.10 Å². The van der Waals surface area contributed by atoms with Crippen LogP contribution >= 0.6 is 0 Å². The molecule has 1 aliphatic heterocycles. The monoisotopic (exact) mass is 342 g/mol. The van der Waals surface area contributed by atoms with E-state index >= 15 is 0 Å². The second kappa shape index (κ2) is 8.05. The van der Waals surface area contributed by atoms with Crippen LogP contribution in [0.15, 0.2) is 36.7 Å². The topological polar surface area (TPSA) is 59.5 Å². The van der Waals surface area contributed by atoms with Crippen molar-refractivity contribution in [1.82, 2.24) is 9.97 Å². The predicted molar refractivity (Wildman–Crippen MR) is 99.6 cm³/mol. The molecule has 1 saturated heterocycles. The Balaban J connectivity index is 1.57. The van der Waals surface area contributed by atoms with E-state index in [4.69, 9.17) is 9.47 Å².